The summed E-state index contributed by atoms with van der Waals surface area (Å²) in [4.78, 5) is 32.9. The predicted octanol–water partition coefficient (Wildman–Crippen LogP) is 4.07. The molecule has 0 saturated carbocycles. The summed E-state index contributed by atoms with van der Waals surface area (Å²) in [6.45, 7) is 10.7. The first kappa shape index (κ1) is 27.4. The molecule has 0 bridgehead atoms. The Labute approximate surface area is 233 Å². The van der Waals surface area contributed by atoms with Crippen LogP contribution in [0.3, 0.4) is 0 Å². The molecule has 0 unspecified atom stereocenters. The van der Waals surface area contributed by atoms with E-state index in [4.69, 9.17) is 9.72 Å². The molecule has 0 radical (unpaired) electrons. The third kappa shape index (κ3) is 5.56. The molecule has 0 aliphatic carbocycles. The number of carbonyl (C=O) groups is 2. The fourth-order valence-corrected chi connectivity index (χ4v) is 4.80. The minimum absolute atomic E-state index is 0.0313. The molecule has 2 amide bonds. The highest BCUT2D eigenvalue weighted by Crippen LogP contribution is 2.29. The van der Waals surface area contributed by atoms with Crippen molar-refractivity contribution in [3.8, 4) is 22.5 Å². The molecule has 1 saturated heterocycles. The van der Waals surface area contributed by atoms with Crippen LogP contribution in [0.1, 0.15) is 59.5 Å². The Kier molecular flexibility index (Phi) is 7.35. The number of ether oxygens (including phenoxy) is 1. The topological polar surface area (TPSA) is 116 Å². The number of aromatic nitrogens is 7. The van der Waals surface area contributed by atoms with Crippen molar-refractivity contribution < 1.29 is 14.3 Å². The summed E-state index contributed by atoms with van der Waals surface area (Å²) in [6.07, 6.45) is 12.8. The van der Waals surface area contributed by atoms with Crippen LogP contribution in [-0.4, -0.2) is 88.2 Å². The first-order valence-corrected chi connectivity index (χ1v) is 13.7. The Morgan fingerprint density at radius 3 is 2.48 bits per heavy atom. The Hall–Kier alpha value is -4.22. The summed E-state index contributed by atoms with van der Waals surface area (Å²) >= 11 is 0. The number of rotatable bonds is 8. The van der Waals surface area contributed by atoms with Crippen molar-refractivity contribution in [1.82, 2.24) is 44.0 Å². The fourth-order valence-electron chi connectivity index (χ4n) is 4.80. The van der Waals surface area contributed by atoms with Gasteiger partial charge in [-0.1, -0.05) is 13.8 Å². The molecule has 212 valence electrons. The number of likely N-dealkylation sites (N-methyl/N-ethyl adjacent to an activating group) is 1. The van der Waals surface area contributed by atoms with Gasteiger partial charge in [0.25, 0.3) is 0 Å². The van der Waals surface area contributed by atoms with E-state index < -0.39 is 11.7 Å². The Bertz CT molecular complexity index is 1500. The first-order chi connectivity index (χ1) is 19.1. The second kappa shape index (κ2) is 10.7. The summed E-state index contributed by atoms with van der Waals surface area (Å²) in [5.41, 5.74) is 3.66. The van der Waals surface area contributed by atoms with Gasteiger partial charge >= 0.3 is 6.09 Å². The molecule has 5 rings (SSSR count). The molecular formula is C28H37N9O3. The van der Waals surface area contributed by atoms with Gasteiger partial charge in [0.05, 0.1) is 53.8 Å². The average molecular weight is 548 g/mol. The highest BCUT2D eigenvalue weighted by molar-refractivity contribution is 5.83. The predicted molar refractivity (Wildman–Crippen MR) is 150 cm³/mol. The van der Waals surface area contributed by atoms with Crippen molar-refractivity contribution in [2.45, 2.75) is 65.1 Å². The molecule has 4 aromatic rings. The molecule has 1 fully saturated rings. The van der Waals surface area contributed by atoms with Crippen LogP contribution >= 0.6 is 0 Å². The van der Waals surface area contributed by atoms with Gasteiger partial charge in [0, 0.05) is 43.7 Å². The lowest BCUT2D eigenvalue weighted by Gasteiger charge is -2.39. The van der Waals surface area contributed by atoms with Gasteiger partial charge in [-0.25, -0.2) is 14.3 Å². The summed E-state index contributed by atoms with van der Waals surface area (Å²) in [6, 6.07) is 2.35. The maximum absolute atomic E-state index is 12.7. The number of carbonyl (C=O) groups excluding carboxylic acids is 2. The molecule has 0 N–H and O–H groups in total. The van der Waals surface area contributed by atoms with Crippen LogP contribution in [0.25, 0.3) is 28.0 Å². The van der Waals surface area contributed by atoms with Gasteiger partial charge in [-0.15, -0.1) is 0 Å². The fraction of sp³-hybridized carbons (Fsp3) is 0.500. The van der Waals surface area contributed by atoms with Crippen LogP contribution in [0.15, 0.2) is 43.2 Å². The van der Waals surface area contributed by atoms with Gasteiger partial charge in [0.2, 0.25) is 5.91 Å². The third-order valence-corrected chi connectivity index (χ3v) is 7.15. The van der Waals surface area contributed by atoms with E-state index in [-0.39, 0.29) is 18.5 Å². The van der Waals surface area contributed by atoms with Gasteiger partial charge in [-0.2, -0.15) is 15.3 Å². The number of likely N-dealkylation sites (tertiary alicyclic amines) is 1. The van der Waals surface area contributed by atoms with Crippen molar-refractivity contribution in [1.29, 1.82) is 0 Å². The van der Waals surface area contributed by atoms with Crippen LogP contribution in [-0.2, 0) is 9.53 Å². The minimum Gasteiger partial charge on any atom is -0.444 e. The lowest BCUT2D eigenvalue weighted by atomic mass is 10.1. The largest absolute Gasteiger partial charge is 0.444 e. The van der Waals surface area contributed by atoms with Crippen LogP contribution < -0.4 is 0 Å². The first-order valence-electron chi connectivity index (χ1n) is 13.7. The van der Waals surface area contributed by atoms with Crippen LogP contribution in [0, 0.1) is 0 Å². The number of fused-ring (bicyclic) bond motifs is 1. The van der Waals surface area contributed by atoms with Crippen LogP contribution in [0.5, 0.6) is 0 Å². The number of hydrogen-bond donors (Lipinski definition) is 0. The highest BCUT2D eigenvalue weighted by Gasteiger charge is 2.34. The lowest BCUT2D eigenvalue weighted by molar-refractivity contribution is -0.138. The maximum atomic E-state index is 12.7. The van der Waals surface area contributed by atoms with Gasteiger partial charge in [0.1, 0.15) is 12.1 Å². The number of nitrogens with zero attached hydrogens (tertiary/aromatic N) is 9. The van der Waals surface area contributed by atoms with E-state index in [0.29, 0.717) is 19.1 Å². The summed E-state index contributed by atoms with van der Waals surface area (Å²) in [5.74, 6) is -0.124. The number of hydrogen-bond acceptors (Lipinski definition) is 7. The van der Waals surface area contributed by atoms with Crippen molar-refractivity contribution in [2.75, 3.05) is 26.7 Å². The molecule has 40 heavy (non-hydrogen) atoms. The van der Waals surface area contributed by atoms with Gasteiger partial charge in [0.15, 0.2) is 0 Å². The number of amides is 2. The van der Waals surface area contributed by atoms with Crippen molar-refractivity contribution >= 4 is 17.5 Å². The molecule has 0 aromatic carbocycles. The summed E-state index contributed by atoms with van der Waals surface area (Å²) in [5, 5.41) is 13.6. The zero-order chi connectivity index (χ0) is 28.6. The monoisotopic (exact) mass is 547 g/mol. The van der Waals surface area contributed by atoms with Gasteiger partial charge < -0.3 is 14.5 Å². The van der Waals surface area contributed by atoms with Gasteiger partial charge in [-0.05, 0) is 39.7 Å². The maximum Gasteiger partial charge on any atom is 0.410 e. The highest BCUT2D eigenvalue weighted by atomic mass is 16.6. The smallest absolute Gasteiger partial charge is 0.410 e. The Morgan fingerprint density at radius 1 is 1.05 bits per heavy atom. The molecule has 4 aromatic heterocycles. The van der Waals surface area contributed by atoms with E-state index in [2.05, 4.69) is 35.3 Å². The van der Waals surface area contributed by atoms with E-state index in [0.717, 1.165) is 40.9 Å². The van der Waals surface area contributed by atoms with E-state index in [1.54, 1.807) is 45.1 Å². The minimum atomic E-state index is -0.610. The Morgan fingerprint density at radius 2 is 1.77 bits per heavy atom. The normalized spacial score (nSPS) is 14.1. The van der Waals surface area contributed by atoms with E-state index >= 15 is 0 Å². The molecule has 0 atom stereocenters. The zero-order valence-corrected chi connectivity index (χ0v) is 24.0. The summed E-state index contributed by atoms with van der Waals surface area (Å²) in [7, 11) is 1.57. The lowest BCUT2D eigenvalue weighted by Crippen LogP contribution is -2.54. The second-order valence-corrected chi connectivity index (χ2v) is 11.3. The van der Waals surface area contributed by atoms with Gasteiger partial charge in [-0.3, -0.25) is 14.2 Å². The molecule has 12 heteroatoms. The SMILES string of the molecule is CCC(CC)n1cc(-c2nc(-c3cnn(C4CN(C(=O)CN(C)C(=O)OC(C)(C)C)C4)c3)cn3nccc23)cn1. The molecule has 1 aliphatic heterocycles. The molecule has 0 spiro atoms. The zero-order valence-electron chi connectivity index (χ0n) is 24.0. The Balaban J connectivity index is 1.28. The summed E-state index contributed by atoms with van der Waals surface area (Å²) < 4.78 is 11.0. The molecule has 1 aliphatic rings. The van der Waals surface area contributed by atoms with Crippen LogP contribution in [0.2, 0.25) is 0 Å². The third-order valence-electron chi connectivity index (χ3n) is 7.15. The van der Waals surface area contributed by atoms with E-state index in [9.17, 15) is 9.59 Å². The average Bonchev–Trinajstić information content (AvgIpc) is 3.63. The molecule has 5 heterocycles. The quantitative estimate of drug-likeness (QED) is 0.327. The van der Waals surface area contributed by atoms with Crippen molar-refractivity contribution in [3.05, 3.63) is 43.2 Å². The van der Waals surface area contributed by atoms with E-state index in [1.807, 2.05) is 38.5 Å². The van der Waals surface area contributed by atoms with Crippen molar-refractivity contribution in [2.24, 2.45) is 0 Å². The van der Waals surface area contributed by atoms with Crippen molar-refractivity contribution in [3.63, 3.8) is 0 Å². The standard InChI is InChI=1S/C28H37N9O3/c1-7-21(8-2)35-14-20(12-31-35)26-24-9-10-29-37(24)17-23(32-26)19-11-30-36(13-19)22-15-34(16-22)25(38)18-33(6)27(39)40-28(3,4)5/h9-14,17,21-22H,7-8,15-16,18H2,1-6H3. The van der Waals surface area contributed by atoms with E-state index in [1.165, 1.54) is 4.90 Å². The second-order valence-electron chi connectivity index (χ2n) is 11.3. The van der Waals surface area contributed by atoms with Crippen LogP contribution in [0.4, 0.5) is 4.79 Å². The molecular weight excluding hydrogens is 510 g/mol. The molecule has 12 nitrogen and oxygen atoms in total.